The van der Waals surface area contributed by atoms with Gasteiger partial charge in [0.15, 0.2) is 0 Å². The van der Waals surface area contributed by atoms with Crippen LogP contribution in [0.1, 0.15) is 11.3 Å². The van der Waals surface area contributed by atoms with Gasteiger partial charge in [-0.05, 0) is 24.7 Å². The van der Waals surface area contributed by atoms with Gasteiger partial charge >= 0.3 is 0 Å². The van der Waals surface area contributed by atoms with Gasteiger partial charge in [0.25, 0.3) is 0 Å². The molecule has 5 heteroatoms. The third-order valence-corrected chi connectivity index (χ3v) is 3.21. The molecule has 0 aliphatic rings. The van der Waals surface area contributed by atoms with Crippen LogP contribution in [0.4, 0.5) is 0 Å². The summed E-state index contributed by atoms with van der Waals surface area (Å²) < 4.78 is 4.08. The number of benzene rings is 1. The van der Waals surface area contributed by atoms with Crippen molar-refractivity contribution in [1.29, 1.82) is 5.26 Å². The molecular weight excluding hydrogens is 226 g/mol. The van der Waals surface area contributed by atoms with Crippen molar-refractivity contribution in [2.24, 2.45) is 12.8 Å². The van der Waals surface area contributed by atoms with Crippen LogP contribution in [-0.2, 0) is 13.5 Å². The highest BCUT2D eigenvalue weighted by molar-refractivity contribution is 5.81. The van der Waals surface area contributed by atoms with E-state index in [0.29, 0.717) is 12.1 Å². The van der Waals surface area contributed by atoms with E-state index in [1.165, 1.54) is 0 Å². The molecule has 0 unspecified atom stereocenters. The maximum atomic E-state index is 8.89. The Hall–Kier alpha value is -2.32. The molecule has 0 saturated heterocycles. The molecule has 0 atom stereocenters. The second-order valence-electron chi connectivity index (χ2n) is 4.32. The van der Waals surface area contributed by atoms with Crippen molar-refractivity contribution < 1.29 is 0 Å². The van der Waals surface area contributed by atoms with Gasteiger partial charge in [-0.3, -0.25) is 4.40 Å². The number of hydrogen-bond acceptors (Lipinski definition) is 3. The number of hydrogen-bond donors (Lipinski definition) is 1. The summed E-state index contributed by atoms with van der Waals surface area (Å²) in [5.74, 6) is 0.878. The van der Waals surface area contributed by atoms with Gasteiger partial charge in [0.05, 0.1) is 22.7 Å². The van der Waals surface area contributed by atoms with E-state index in [2.05, 4.69) is 17.3 Å². The molecule has 0 bridgehead atoms. The Bertz CT molecular complexity index is 772. The first kappa shape index (κ1) is 10.8. The molecule has 0 amide bonds. The van der Waals surface area contributed by atoms with Gasteiger partial charge in [0.1, 0.15) is 0 Å². The zero-order chi connectivity index (χ0) is 12.7. The van der Waals surface area contributed by atoms with E-state index in [1.54, 1.807) is 0 Å². The van der Waals surface area contributed by atoms with Crippen LogP contribution in [0, 0.1) is 11.3 Å². The van der Waals surface area contributed by atoms with Crippen LogP contribution in [0.5, 0.6) is 0 Å². The van der Waals surface area contributed by atoms with Crippen LogP contribution in [0.2, 0.25) is 0 Å². The molecule has 90 valence electrons. The summed E-state index contributed by atoms with van der Waals surface area (Å²) in [4.78, 5) is 4.56. The van der Waals surface area contributed by atoms with Gasteiger partial charge in [-0.1, -0.05) is 0 Å². The van der Waals surface area contributed by atoms with Gasteiger partial charge in [-0.15, -0.1) is 0 Å². The van der Waals surface area contributed by atoms with Crippen molar-refractivity contribution in [3.8, 4) is 6.07 Å². The fourth-order valence-electron chi connectivity index (χ4n) is 2.26. The van der Waals surface area contributed by atoms with Crippen LogP contribution in [0.3, 0.4) is 0 Å². The summed E-state index contributed by atoms with van der Waals surface area (Å²) in [7, 11) is 1.98. The van der Waals surface area contributed by atoms with Crippen molar-refractivity contribution in [2.45, 2.75) is 6.42 Å². The monoisotopic (exact) mass is 239 g/mol. The maximum Gasteiger partial charge on any atom is 0.214 e. The Balaban J connectivity index is 2.30. The van der Waals surface area contributed by atoms with Crippen molar-refractivity contribution in [2.75, 3.05) is 6.54 Å². The molecule has 2 heterocycles. The van der Waals surface area contributed by atoms with Crippen molar-refractivity contribution in [3.05, 3.63) is 35.7 Å². The molecule has 3 aromatic rings. The molecule has 0 radical (unpaired) electrons. The minimum absolute atomic E-state index is 0.623. The SMILES string of the molecule is Cn1c(CCN)cn2c3ccc(C#N)cc3nc12. The summed E-state index contributed by atoms with van der Waals surface area (Å²) in [6, 6.07) is 7.68. The number of fused-ring (bicyclic) bond motifs is 3. The molecule has 2 N–H and O–H groups in total. The summed E-state index contributed by atoms with van der Waals surface area (Å²) >= 11 is 0. The lowest BCUT2D eigenvalue weighted by molar-refractivity contribution is 0.820. The van der Waals surface area contributed by atoms with Gasteiger partial charge in [0, 0.05) is 25.4 Å². The Morgan fingerprint density at radius 1 is 1.44 bits per heavy atom. The molecule has 1 aromatic carbocycles. The number of nitrogens with zero attached hydrogens (tertiary/aromatic N) is 4. The van der Waals surface area contributed by atoms with Gasteiger partial charge in [-0.25, -0.2) is 4.98 Å². The topological polar surface area (TPSA) is 72.0 Å². The van der Waals surface area contributed by atoms with E-state index < -0.39 is 0 Å². The Morgan fingerprint density at radius 3 is 3.00 bits per heavy atom. The zero-order valence-electron chi connectivity index (χ0n) is 10.1. The molecule has 3 rings (SSSR count). The van der Waals surface area contributed by atoms with Crippen molar-refractivity contribution in [1.82, 2.24) is 14.0 Å². The third kappa shape index (κ3) is 1.40. The van der Waals surface area contributed by atoms with Crippen LogP contribution < -0.4 is 5.73 Å². The number of aromatic nitrogens is 3. The highest BCUT2D eigenvalue weighted by Gasteiger charge is 2.11. The summed E-state index contributed by atoms with van der Waals surface area (Å²) in [6.07, 6.45) is 2.89. The quantitative estimate of drug-likeness (QED) is 0.730. The predicted molar refractivity (Wildman–Crippen MR) is 69.1 cm³/mol. The molecular formula is C13H13N5. The van der Waals surface area contributed by atoms with Crippen LogP contribution in [0.25, 0.3) is 16.8 Å². The van der Waals surface area contributed by atoms with E-state index in [4.69, 9.17) is 11.0 Å². The zero-order valence-corrected chi connectivity index (χ0v) is 10.1. The lowest BCUT2D eigenvalue weighted by Crippen LogP contribution is -2.06. The molecule has 0 spiro atoms. The number of aryl methyl sites for hydroxylation is 1. The minimum atomic E-state index is 0.623. The van der Waals surface area contributed by atoms with Crippen LogP contribution >= 0.6 is 0 Å². The highest BCUT2D eigenvalue weighted by Crippen LogP contribution is 2.20. The second-order valence-corrected chi connectivity index (χ2v) is 4.32. The lowest BCUT2D eigenvalue weighted by Gasteiger charge is -1.98. The summed E-state index contributed by atoms with van der Waals surface area (Å²) in [5.41, 5.74) is 9.25. The molecule has 0 fully saturated rings. The maximum absolute atomic E-state index is 8.89. The minimum Gasteiger partial charge on any atom is -0.330 e. The number of imidazole rings is 2. The van der Waals surface area contributed by atoms with Crippen molar-refractivity contribution in [3.63, 3.8) is 0 Å². The first-order chi connectivity index (χ1) is 8.74. The summed E-state index contributed by atoms with van der Waals surface area (Å²) in [5, 5.41) is 8.89. The first-order valence-corrected chi connectivity index (χ1v) is 5.81. The summed E-state index contributed by atoms with van der Waals surface area (Å²) in [6.45, 7) is 0.623. The van der Waals surface area contributed by atoms with E-state index >= 15 is 0 Å². The van der Waals surface area contributed by atoms with Gasteiger partial charge in [-0.2, -0.15) is 5.26 Å². The molecule has 0 saturated carbocycles. The molecule has 0 aliphatic heterocycles. The Morgan fingerprint density at radius 2 is 2.28 bits per heavy atom. The fourth-order valence-corrected chi connectivity index (χ4v) is 2.26. The van der Waals surface area contributed by atoms with E-state index in [-0.39, 0.29) is 0 Å². The van der Waals surface area contributed by atoms with Gasteiger partial charge in [0.2, 0.25) is 5.78 Å². The van der Waals surface area contributed by atoms with E-state index in [0.717, 1.165) is 28.9 Å². The predicted octanol–water partition coefficient (Wildman–Crippen LogP) is 1.20. The smallest absolute Gasteiger partial charge is 0.214 e. The number of rotatable bonds is 2. The normalized spacial score (nSPS) is 11.2. The van der Waals surface area contributed by atoms with Crippen molar-refractivity contribution >= 4 is 16.8 Å². The molecule has 5 nitrogen and oxygen atoms in total. The van der Waals surface area contributed by atoms with E-state index in [1.807, 2.05) is 34.2 Å². The Kier molecular flexibility index (Phi) is 2.32. The van der Waals surface area contributed by atoms with Crippen LogP contribution in [-0.4, -0.2) is 20.5 Å². The average molecular weight is 239 g/mol. The molecule has 0 aliphatic carbocycles. The van der Waals surface area contributed by atoms with Crippen LogP contribution in [0.15, 0.2) is 24.4 Å². The molecule has 18 heavy (non-hydrogen) atoms. The second kappa shape index (κ2) is 3.86. The average Bonchev–Trinajstić information content (AvgIpc) is 2.88. The number of nitriles is 1. The largest absolute Gasteiger partial charge is 0.330 e. The standard InChI is InChI=1S/C13H13N5/c1-17-10(4-5-14)8-18-12-3-2-9(7-15)6-11(12)16-13(17)18/h2-3,6,8H,4-5,14H2,1H3. The molecule has 2 aromatic heterocycles. The Labute approximate surface area is 104 Å². The third-order valence-electron chi connectivity index (χ3n) is 3.21. The van der Waals surface area contributed by atoms with E-state index in [9.17, 15) is 0 Å². The van der Waals surface area contributed by atoms with Gasteiger partial charge < -0.3 is 10.3 Å². The number of nitrogens with two attached hydrogens (primary N) is 1. The lowest BCUT2D eigenvalue weighted by atomic mass is 10.2. The first-order valence-electron chi connectivity index (χ1n) is 5.81. The fraction of sp³-hybridized carbons (Fsp3) is 0.231. The highest BCUT2D eigenvalue weighted by atomic mass is 15.2.